The minimum absolute atomic E-state index is 0.358. The summed E-state index contributed by atoms with van der Waals surface area (Å²) in [5.41, 5.74) is 0. The summed E-state index contributed by atoms with van der Waals surface area (Å²) in [5.74, 6) is 2.46. The largest absolute Gasteiger partial charge is 0.489 e. The molecule has 0 amide bonds. The third-order valence-corrected chi connectivity index (χ3v) is 4.05. The average molecular weight is 238 g/mol. The van der Waals surface area contributed by atoms with Gasteiger partial charge in [0, 0.05) is 0 Å². The van der Waals surface area contributed by atoms with E-state index in [4.69, 9.17) is 16.3 Å². The van der Waals surface area contributed by atoms with Crippen molar-refractivity contribution in [2.24, 2.45) is 11.8 Å². The van der Waals surface area contributed by atoms with E-state index in [2.05, 4.69) is 5.32 Å². The molecule has 1 heterocycles. The van der Waals surface area contributed by atoms with E-state index in [1.165, 1.54) is 12.8 Å². The minimum atomic E-state index is 0.358. The maximum absolute atomic E-state index is 6.09. The number of nitrogens with one attached hydrogen (secondary N) is 1. The highest BCUT2D eigenvalue weighted by molar-refractivity contribution is 6.32. The summed E-state index contributed by atoms with van der Waals surface area (Å²) in [6.45, 7) is 2.32. The number of fused-ring (bicyclic) bond motifs is 1. The number of hydrogen-bond acceptors (Lipinski definition) is 2. The standard InChI is InChI=1S/C13H16ClNO/c14-12-3-1-2-4-13(12)16-11-5-9-7-15-8-10(9)6-11/h1-4,9-11,15H,5-8H2. The third kappa shape index (κ3) is 1.92. The third-order valence-electron chi connectivity index (χ3n) is 3.74. The van der Waals surface area contributed by atoms with E-state index in [1.807, 2.05) is 24.3 Å². The van der Waals surface area contributed by atoms with Crippen molar-refractivity contribution in [2.75, 3.05) is 13.1 Å². The molecular weight excluding hydrogens is 222 g/mol. The van der Waals surface area contributed by atoms with Gasteiger partial charge in [-0.15, -0.1) is 0 Å². The molecule has 0 spiro atoms. The Bertz CT molecular complexity index is 370. The van der Waals surface area contributed by atoms with Gasteiger partial charge in [-0.05, 0) is 49.9 Å². The Balaban J connectivity index is 1.66. The first-order chi connectivity index (χ1) is 7.83. The molecule has 1 aromatic carbocycles. The smallest absolute Gasteiger partial charge is 0.138 e. The Morgan fingerprint density at radius 1 is 1.12 bits per heavy atom. The SMILES string of the molecule is Clc1ccccc1OC1CC2CNCC2C1. The van der Waals surface area contributed by atoms with E-state index in [1.54, 1.807) is 0 Å². The minimum Gasteiger partial charge on any atom is -0.489 e. The lowest BCUT2D eigenvalue weighted by Crippen LogP contribution is -2.18. The number of para-hydroxylation sites is 1. The first-order valence-electron chi connectivity index (χ1n) is 5.95. The summed E-state index contributed by atoms with van der Waals surface area (Å²) in [6, 6.07) is 7.74. The highest BCUT2D eigenvalue weighted by atomic mass is 35.5. The zero-order chi connectivity index (χ0) is 11.0. The predicted molar refractivity (Wildman–Crippen MR) is 65.0 cm³/mol. The van der Waals surface area contributed by atoms with Gasteiger partial charge in [0.25, 0.3) is 0 Å². The van der Waals surface area contributed by atoms with E-state index < -0.39 is 0 Å². The van der Waals surface area contributed by atoms with E-state index in [9.17, 15) is 0 Å². The predicted octanol–water partition coefficient (Wildman–Crippen LogP) is 2.72. The maximum Gasteiger partial charge on any atom is 0.138 e. The van der Waals surface area contributed by atoms with Crippen LogP contribution in [-0.2, 0) is 0 Å². The molecule has 0 radical (unpaired) electrons. The van der Waals surface area contributed by atoms with Crippen LogP contribution < -0.4 is 10.1 Å². The summed E-state index contributed by atoms with van der Waals surface area (Å²) in [7, 11) is 0. The van der Waals surface area contributed by atoms with Crippen LogP contribution >= 0.6 is 11.6 Å². The molecule has 86 valence electrons. The maximum atomic E-state index is 6.09. The van der Waals surface area contributed by atoms with Gasteiger partial charge in [0.1, 0.15) is 5.75 Å². The van der Waals surface area contributed by atoms with Crippen molar-refractivity contribution in [3.05, 3.63) is 29.3 Å². The molecule has 3 rings (SSSR count). The van der Waals surface area contributed by atoms with Crippen LogP contribution in [0.25, 0.3) is 0 Å². The second-order valence-corrected chi connectivity index (χ2v) is 5.23. The number of hydrogen-bond donors (Lipinski definition) is 1. The molecule has 0 bridgehead atoms. The molecule has 1 aliphatic heterocycles. The number of halogens is 1. The van der Waals surface area contributed by atoms with Crippen molar-refractivity contribution >= 4 is 11.6 Å². The summed E-state index contributed by atoms with van der Waals surface area (Å²) in [4.78, 5) is 0. The van der Waals surface area contributed by atoms with E-state index in [-0.39, 0.29) is 0 Å². The molecule has 3 heteroatoms. The van der Waals surface area contributed by atoms with Crippen LogP contribution in [0.3, 0.4) is 0 Å². The van der Waals surface area contributed by atoms with Crippen molar-refractivity contribution in [3.63, 3.8) is 0 Å². The Kier molecular flexibility index (Phi) is 2.78. The molecular formula is C13H16ClNO. The summed E-state index contributed by atoms with van der Waals surface area (Å²) in [5, 5.41) is 4.16. The lowest BCUT2D eigenvalue weighted by atomic mass is 10.0. The fraction of sp³-hybridized carbons (Fsp3) is 0.538. The highest BCUT2D eigenvalue weighted by Crippen LogP contribution is 2.37. The molecule has 1 aliphatic carbocycles. The first-order valence-corrected chi connectivity index (χ1v) is 6.32. The number of rotatable bonds is 2. The van der Waals surface area contributed by atoms with Crippen LogP contribution in [0.2, 0.25) is 5.02 Å². The van der Waals surface area contributed by atoms with Crippen molar-refractivity contribution in [1.82, 2.24) is 5.32 Å². The molecule has 16 heavy (non-hydrogen) atoms. The summed E-state index contributed by atoms with van der Waals surface area (Å²) >= 11 is 6.09. The monoisotopic (exact) mass is 237 g/mol. The van der Waals surface area contributed by atoms with Gasteiger partial charge in [-0.1, -0.05) is 23.7 Å². The second-order valence-electron chi connectivity index (χ2n) is 4.82. The Morgan fingerprint density at radius 3 is 2.50 bits per heavy atom. The molecule has 2 nitrogen and oxygen atoms in total. The molecule has 2 aliphatic rings. The quantitative estimate of drug-likeness (QED) is 0.854. The molecule has 2 unspecified atom stereocenters. The van der Waals surface area contributed by atoms with Gasteiger partial charge in [0.05, 0.1) is 11.1 Å². The Labute approximate surface area is 101 Å². The Hall–Kier alpha value is -0.730. The molecule has 1 saturated heterocycles. The molecule has 2 atom stereocenters. The van der Waals surface area contributed by atoms with Gasteiger partial charge in [-0.2, -0.15) is 0 Å². The van der Waals surface area contributed by atoms with E-state index in [0.29, 0.717) is 6.10 Å². The zero-order valence-corrected chi connectivity index (χ0v) is 9.91. The van der Waals surface area contributed by atoms with Crippen molar-refractivity contribution in [1.29, 1.82) is 0 Å². The average Bonchev–Trinajstić information content (AvgIpc) is 2.81. The van der Waals surface area contributed by atoms with Crippen LogP contribution in [0.5, 0.6) is 5.75 Å². The summed E-state index contributed by atoms with van der Waals surface area (Å²) < 4.78 is 5.98. The van der Waals surface area contributed by atoms with Gasteiger partial charge in [0.2, 0.25) is 0 Å². The van der Waals surface area contributed by atoms with Crippen LogP contribution in [0.1, 0.15) is 12.8 Å². The van der Waals surface area contributed by atoms with Crippen molar-refractivity contribution in [3.8, 4) is 5.75 Å². The van der Waals surface area contributed by atoms with Crippen LogP contribution in [0.15, 0.2) is 24.3 Å². The summed E-state index contributed by atoms with van der Waals surface area (Å²) in [6.07, 6.45) is 2.70. The van der Waals surface area contributed by atoms with Crippen LogP contribution in [-0.4, -0.2) is 19.2 Å². The van der Waals surface area contributed by atoms with Gasteiger partial charge in [-0.25, -0.2) is 0 Å². The number of benzene rings is 1. The fourth-order valence-corrected chi connectivity index (χ4v) is 3.11. The molecule has 1 saturated carbocycles. The van der Waals surface area contributed by atoms with Crippen molar-refractivity contribution in [2.45, 2.75) is 18.9 Å². The fourth-order valence-electron chi connectivity index (χ4n) is 2.93. The van der Waals surface area contributed by atoms with Crippen molar-refractivity contribution < 1.29 is 4.74 Å². The molecule has 1 N–H and O–H groups in total. The highest BCUT2D eigenvalue weighted by Gasteiger charge is 2.38. The Morgan fingerprint density at radius 2 is 1.81 bits per heavy atom. The molecule has 2 fully saturated rings. The van der Waals surface area contributed by atoms with E-state index >= 15 is 0 Å². The van der Waals surface area contributed by atoms with Crippen LogP contribution in [0.4, 0.5) is 0 Å². The van der Waals surface area contributed by atoms with Crippen LogP contribution in [0, 0.1) is 11.8 Å². The molecule has 1 aromatic rings. The lowest BCUT2D eigenvalue weighted by molar-refractivity contribution is 0.199. The first kappa shape index (κ1) is 10.4. The lowest BCUT2D eigenvalue weighted by Gasteiger charge is -2.15. The second kappa shape index (κ2) is 4.27. The topological polar surface area (TPSA) is 21.3 Å². The van der Waals surface area contributed by atoms with Gasteiger partial charge < -0.3 is 10.1 Å². The van der Waals surface area contributed by atoms with Gasteiger partial charge in [0.15, 0.2) is 0 Å². The normalized spacial score (nSPS) is 32.7. The van der Waals surface area contributed by atoms with E-state index in [0.717, 1.165) is 35.7 Å². The zero-order valence-electron chi connectivity index (χ0n) is 9.16. The van der Waals surface area contributed by atoms with Gasteiger partial charge >= 0.3 is 0 Å². The number of ether oxygens (including phenoxy) is 1. The molecule has 0 aromatic heterocycles. The van der Waals surface area contributed by atoms with Gasteiger partial charge in [-0.3, -0.25) is 0 Å².